The van der Waals surface area contributed by atoms with Gasteiger partial charge in [0, 0.05) is 38.5 Å². The van der Waals surface area contributed by atoms with Crippen molar-refractivity contribution in [3.8, 4) is 45.8 Å². The first-order valence-electron chi connectivity index (χ1n) is 16.3. The minimum atomic E-state index is 0.550. The predicted octanol–water partition coefficient (Wildman–Crippen LogP) is 11.5. The fraction of sp³-hybridized carbons (Fsp3) is 0. The van der Waals surface area contributed by atoms with Crippen LogP contribution in [-0.4, -0.2) is 9.13 Å². The Morgan fingerprint density at radius 2 is 1.10 bits per heavy atom. The number of para-hydroxylation sites is 3. The molecule has 0 radical (unpaired) electrons. The number of hydrogen-bond donors (Lipinski definition) is 0. The fourth-order valence-corrected chi connectivity index (χ4v) is 7.39. The van der Waals surface area contributed by atoms with E-state index < -0.39 is 0 Å². The molecule has 5 nitrogen and oxygen atoms in total. The van der Waals surface area contributed by atoms with Gasteiger partial charge in [-0.2, -0.15) is 10.5 Å². The van der Waals surface area contributed by atoms with Crippen LogP contribution in [0.2, 0.25) is 0 Å². The van der Waals surface area contributed by atoms with Gasteiger partial charge in [0.1, 0.15) is 0 Å². The van der Waals surface area contributed by atoms with Gasteiger partial charge in [-0.3, -0.25) is 0 Å². The minimum Gasteiger partial charge on any atom is -0.310 e. The summed E-state index contributed by atoms with van der Waals surface area (Å²) in [6, 6.07) is 55.5. The lowest BCUT2D eigenvalue weighted by molar-refractivity contribution is 1.18. The highest BCUT2D eigenvalue weighted by atomic mass is 15.0. The van der Waals surface area contributed by atoms with Crippen molar-refractivity contribution < 1.29 is 0 Å². The summed E-state index contributed by atoms with van der Waals surface area (Å²) in [5.41, 5.74) is 11.3. The van der Waals surface area contributed by atoms with Gasteiger partial charge in [-0.05, 0) is 77.4 Å². The molecular weight excluding hydrogens is 611 g/mol. The van der Waals surface area contributed by atoms with Crippen molar-refractivity contribution >= 4 is 49.3 Å². The second-order valence-electron chi connectivity index (χ2n) is 12.3. The number of aromatic nitrogens is 2. The van der Waals surface area contributed by atoms with Gasteiger partial charge < -0.3 is 9.13 Å². The summed E-state index contributed by atoms with van der Waals surface area (Å²) in [6.07, 6.45) is 0. The Hall–Kier alpha value is -7.39. The Morgan fingerprint density at radius 1 is 0.480 bits per heavy atom. The van der Waals surface area contributed by atoms with E-state index >= 15 is 0 Å². The Labute approximate surface area is 288 Å². The summed E-state index contributed by atoms with van der Waals surface area (Å²) < 4.78 is 4.44. The molecule has 5 heteroatoms. The van der Waals surface area contributed by atoms with Crippen LogP contribution < -0.4 is 0 Å². The van der Waals surface area contributed by atoms with Crippen molar-refractivity contribution in [1.29, 1.82) is 10.5 Å². The molecular formula is C45H25N5. The van der Waals surface area contributed by atoms with E-state index in [2.05, 4.69) is 80.7 Å². The Bertz CT molecular complexity index is 2920. The Morgan fingerprint density at radius 3 is 1.78 bits per heavy atom. The number of hydrogen-bond acceptors (Lipinski definition) is 2. The van der Waals surface area contributed by atoms with Crippen LogP contribution >= 0.6 is 0 Å². The molecule has 0 saturated carbocycles. The molecule has 0 amide bonds. The number of benzene rings is 7. The first-order valence-corrected chi connectivity index (χ1v) is 16.3. The van der Waals surface area contributed by atoms with Crippen molar-refractivity contribution in [3.05, 3.63) is 174 Å². The highest BCUT2D eigenvalue weighted by Crippen LogP contribution is 2.40. The number of nitrogens with zero attached hydrogens (tertiary/aromatic N) is 5. The van der Waals surface area contributed by atoms with E-state index in [1.54, 1.807) is 0 Å². The monoisotopic (exact) mass is 635 g/mol. The predicted molar refractivity (Wildman–Crippen MR) is 202 cm³/mol. The summed E-state index contributed by atoms with van der Waals surface area (Å²) in [4.78, 5) is 3.77. The van der Waals surface area contributed by atoms with Crippen LogP contribution in [0.1, 0.15) is 11.1 Å². The van der Waals surface area contributed by atoms with Crippen LogP contribution in [0.5, 0.6) is 0 Å². The van der Waals surface area contributed by atoms with Crippen LogP contribution in [0.15, 0.2) is 152 Å². The van der Waals surface area contributed by atoms with Gasteiger partial charge >= 0.3 is 0 Å². The van der Waals surface area contributed by atoms with Crippen LogP contribution in [0.4, 0.5) is 5.69 Å². The molecule has 9 aromatic rings. The van der Waals surface area contributed by atoms with Crippen LogP contribution in [0, 0.1) is 29.2 Å². The lowest BCUT2D eigenvalue weighted by Crippen LogP contribution is -1.98. The zero-order chi connectivity index (χ0) is 33.8. The maximum absolute atomic E-state index is 10.5. The third-order valence-corrected chi connectivity index (χ3v) is 9.60. The largest absolute Gasteiger partial charge is 0.310 e. The molecule has 0 spiro atoms. The Kier molecular flexibility index (Phi) is 6.56. The molecule has 0 aliphatic rings. The highest BCUT2D eigenvalue weighted by Gasteiger charge is 2.18. The van der Waals surface area contributed by atoms with E-state index in [1.165, 1.54) is 0 Å². The van der Waals surface area contributed by atoms with E-state index in [-0.39, 0.29) is 0 Å². The molecule has 0 saturated heterocycles. The van der Waals surface area contributed by atoms with Gasteiger partial charge in [-0.15, -0.1) is 0 Å². The zero-order valence-electron chi connectivity index (χ0n) is 26.7. The van der Waals surface area contributed by atoms with Crippen LogP contribution in [0.25, 0.3) is 82.1 Å². The third kappa shape index (κ3) is 4.38. The van der Waals surface area contributed by atoms with E-state index in [0.717, 1.165) is 77.2 Å². The van der Waals surface area contributed by atoms with E-state index in [0.29, 0.717) is 16.8 Å². The molecule has 7 aromatic carbocycles. The van der Waals surface area contributed by atoms with Gasteiger partial charge in [-0.25, -0.2) is 4.85 Å². The molecule has 2 heterocycles. The normalized spacial score (nSPS) is 11.1. The average molecular weight is 636 g/mol. The summed E-state index contributed by atoms with van der Waals surface area (Å²) in [5.74, 6) is 0. The lowest BCUT2D eigenvalue weighted by atomic mass is 9.94. The second kappa shape index (κ2) is 11.4. The van der Waals surface area contributed by atoms with Gasteiger partial charge in [-0.1, -0.05) is 91.0 Å². The molecule has 50 heavy (non-hydrogen) atoms. The minimum absolute atomic E-state index is 0.550. The first-order chi connectivity index (χ1) is 24.7. The number of rotatable bonds is 4. The molecule has 0 bridgehead atoms. The SMILES string of the molecule is [C-]#[N+]c1ccc(-c2ccc(-c3cccc(-n4c5ccccc5c5cc(C#N)ccc54)c3)c(C#N)c2)c(-n2c3ccccc3c3ccccc32)c1. The summed E-state index contributed by atoms with van der Waals surface area (Å²) >= 11 is 0. The molecule has 2 aromatic heterocycles. The summed E-state index contributed by atoms with van der Waals surface area (Å²) in [5, 5.41) is 24.5. The Balaban J connectivity index is 1.20. The van der Waals surface area contributed by atoms with Crippen molar-refractivity contribution in [2.75, 3.05) is 0 Å². The molecule has 230 valence electrons. The zero-order valence-corrected chi connectivity index (χ0v) is 26.7. The molecule has 0 atom stereocenters. The number of fused-ring (bicyclic) bond motifs is 6. The standard InChI is InChI=1S/C45H25N5/c1-48-33-19-21-36(45(26-33)50-42-15-6-2-11-37(42)38-12-3-7-16-43(38)50)31-18-20-35(32(24-31)28-47)30-9-8-10-34(25-30)49-41-14-5-4-13-39(41)40-23-29(27-46)17-22-44(40)49/h2-26H. The summed E-state index contributed by atoms with van der Waals surface area (Å²) in [7, 11) is 0. The van der Waals surface area contributed by atoms with Crippen molar-refractivity contribution in [3.63, 3.8) is 0 Å². The van der Waals surface area contributed by atoms with Gasteiger partial charge in [0.05, 0.1) is 51.9 Å². The topological polar surface area (TPSA) is 61.8 Å². The molecule has 0 fully saturated rings. The van der Waals surface area contributed by atoms with Crippen molar-refractivity contribution in [1.82, 2.24) is 9.13 Å². The average Bonchev–Trinajstić information content (AvgIpc) is 3.70. The van der Waals surface area contributed by atoms with Crippen molar-refractivity contribution in [2.45, 2.75) is 0 Å². The van der Waals surface area contributed by atoms with Crippen molar-refractivity contribution in [2.24, 2.45) is 0 Å². The fourth-order valence-electron chi connectivity index (χ4n) is 7.39. The van der Waals surface area contributed by atoms with E-state index in [9.17, 15) is 10.5 Å². The smallest absolute Gasteiger partial charge is 0.189 e. The quantitative estimate of drug-likeness (QED) is 0.181. The lowest BCUT2D eigenvalue weighted by Gasteiger charge is -2.16. The first kappa shape index (κ1) is 28.8. The van der Waals surface area contributed by atoms with E-state index in [4.69, 9.17) is 6.57 Å². The van der Waals surface area contributed by atoms with Gasteiger partial charge in [0.2, 0.25) is 0 Å². The maximum atomic E-state index is 10.5. The molecule has 0 aliphatic carbocycles. The maximum Gasteiger partial charge on any atom is 0.189 e. The number of nitriles is 2. The molecule has 9 rings (SSSR count). The van der Waals surface area contributed by atoms with Crippen LogP contribution in [-0.2, 0) is 0 Å². The second-order valence-corrected chi connectivity index (χ2v) is 12.3. The van der Waals surface area contributed by atoms with Crippen LogP contribution in [0.3, 0.4) is 0 Å². The molecule has 0 aliphatic heterocycles. The molecule has 0 N–H and O–H groups in total. The highest BCUT2D eigenvalue weighted by molar-refractivity contribution is 6.11. The van der Waals surface area contributed by atoms with E-state index in [1.807, 2.05) is 97.1 Å². The third-order valence-electron chi connectivity index (χ3n) is 9.60. The molecule has 0 unspecified atom stereocenters. The summed E-state index contributed by atoms with van der Waals surface area (Å²) in [6.45, 7) is 7.79. The van der Waals surface area contributed by atoms with Gasteiger partial charge in [0.25, 0.3) is 0 Å². The van der Waals surface area contributed by atoms with Gasteiger partial charge in [0.15, 0.2) is 5.69 Å².